The highest BCUT2D eigenvalue weighted by molar-refractivity contribution is 6.34. The Kier molecular flexibility index (Phi) is 4.80. The van der Waals surface area contributed by atoms with E-state index in [0.717, 1.165) is 77.4 Å². The quantitative estimate of drug-likeness (QED) is 0.227. The number of fused-ring (bicyclic) bond motifs is 10. The summed E-state index contributed by atoms with van der Waals surface area (Å²) >= 11 is 0. The molecule has 42 heavy (non-hydrogen) atoms. The Bertz CT molecular complexity index is 2460. The van der Waals surface area contributed by atoms with E-state index in [4.69, 9.17) is 15.0 Å². The molecule has 6 nitrogen and oxygen atoms in total. The molecule has 0 unspecified atom stereocenters. The van der Waals surface area contributed by atoms with Crippen molar-refractivity contribution in [2.45, 2.75) is 0 Å². The fourth-order valence-corrected chi connectivity index (χ4v) is 6.43. The number of rotatable bonds is 3. The van der Waals surface area contributed by atoms with E-state index in [1.54, 1.807) is 18.7 Å². The lowest BCUT2D eigenvalue weighted by Crippen LogP contribution is -2.02. The van der Waals surface area contributed by atoms with Crippen molar-refractivity contribution >= 4 is 54.6 Å². The lowest BCUT2D eigenvalue weighted by molar-refractivity contribution is 1.04. The topological polar surface area (TPSA) is 61.4 Å². The highest BCUT2D eigenvalue weighted by Crippen LogP contribution is 2.45. The molecule has 5 aromatic carbocycles. The van der Waals surface area contributed by atoms with Crippen LogP contribution in [0.4, 0.5) is 0 Å². The lowest BCUT2D eigenvalue weighted by Gasteiger charge is -2.13. The first-order valence-corrected chi connectivity index (χ1v) is 13.9. The summed E-state index contributed by atoms with van der Waals surface area (Å²) in [6, 6.07) is 39.9. The van der Waals surface area contributed by atoms with Gasteiger partial charge in [-0.25, -0.2) is 9.97 Å². The van der Waals surface area contributed by atoms with Crippen LogP contribution in [0.1, 0.15) is 0 Å². The summed E-state index contributed by atoms with van der Waals surface area (Å²) < 4.78 is 4.63. The maximum atomic E-state index is 4.95. The molecule has 0 aliphatic rings. The van der Waals surface area contributed by atoms with Gasteiger partial charge in [0.2, 0.25) is 0 Å². The minimum atomic E-state index is 0.796. The fraction of sp³-hybridized carbons (Fsp3) is 0. The SMILES string of the molecule is c1ccc(-c2cc(-n3c4ccccc4c4c5nccnc5c5c6ccccc6n(-c6ccccc6)c5c43)ncn2)cc1. The van der Waals surface area contributed by atoms with Crippen LogP contribution < -0.4 is 0 Å². The maximum absolute atomic E-state index is 4.95. The normalized spacial score (nSPS) is 11.8. The van der Waals surface area contributed by atoms with Gasteiger partial charge < -0.3 is 4.57 Å². The highest BCUT2D eigenvalue weighted by atomic mass is 15.1. The second-order valence-electron chi connectivity index (χ2n) is 10.4. The van der Waals surface area contributed by atoms with Crippen molar-refractivity contribution in [1.29, 1.82) is 0 Å². The third-order valence-electron chi connectivity index (χ3n) is 8.11. The monoisotopic (exact) mass is 538 g/mol. The summed E-state index contributed by atoms with van der Waals surface area (Å²) in [4.78, 5) is 19.4. The van der Waals surface area contributed by atoms with Gasteiger partial charge in [0.15, 0.2) is 0 Å². The molecule has 0 aliphatic heterocycles. The molecule has 0 bridgehead atoms. The number of aromatic nitrogens is 6. The summed E-state index contributed by atoms with van der Waals surface area (Å²) in [7, 11) is 0. The Hall–Kier alpha value is -5.88. The molecule has 6 heteroatoms. The minimum absolute atomic E-state index is 0.796. The van der Waals surface area contributed by atoms with E-state index < -0.39 is 0 Å². The zero-order valence-electron chi connectivity index (χ0n) is 22.4. The van der Waals surface area contributed by atoms with Crippen molar-refractivity contribution in [3.63, 3.8) is 0 Å². The number of para-hydroxylation sites is 3. The molecule has 0 saturated carbocycles. The summed E-state index contributed by atoms with van der Waals surface area (Å²) in [6.07, 6.45) is 5.23. The Morgan fingerprint density at radius 2 is 1.02 bits per heavy atom. The smallest absolute Gasteiger partial charge is 0.141 e. The van der Waals surface area contributed by atoms with Crippen molar-refractivity contribution in [2.75, 3.05) is 0 Å². The Morgan fingerprint density at radius 1 is 0.476 bits per heavy atom. The Balaban J connectivity index is 1.57. The van der Waals surface area contributed by atoms with Gasteiger partial charge in [0.05, 0.1) is 38.8 Å². The molecule has 0 atom stereocenters. The molecular weight excluding hydrogens is 516 g/mol. The molecule has 0 radical (unpaired) electrons. The fourth-order valence-electron chi connectivity index (χ4n) is 6.43. The molecule has 9 rings (SSSR count). The van der Waals surface area contributed by atoms with Gasteiger partial charge in [0.25, 0.3) is 0 Å². The Morgan fingerprint density at radius 3 is 1.69 bits per heavy atom. The number of hydrogen-bond acceptors (Lipinski definition) is 4. The van der Waals surface area contributed by atoms with Crippen LogP contribution in [0.3, 0.4) is 0 Å². The second kappa shape index (κ2) is 8.81. The molecule has 0 saturated heterocycles. The summed E-state index contributed by atoms with van der Waals surface area (Å²) in [6.45, 7) is 0. The predicted molar refractivity (Wildman–Crippen MR) is 169 cm³/mol. The van der Waals surface area contributed by atoms with Gasteiger partial charge in [-0.05, 0) is 24.3 Å². The van der Waals surface area contributed by atoms with Gasteiger partial charge in [-0.1, -0.05) is 84.9 Å². The second-order valence-corrected chi connectivity index (χ2v) is 10.4. The standard InChI is InChI=1S/C36H22N6/c1-3-11-23(12-4-1)27-21-30(40-22-39-27)42-29-18-10-8-16-26(29)32-34-33(37-19-20-38-34)31-25-15-7-9-17-28(25)41(35(31)36(32)42)24-13-5-2-6-14-24/h1-22H. The third-order valence-corrected chi connectivity index (χ3v) is 8.11. The first-order valence-electron chi connectivity index (χ1n) is 13.9. The zero-order chi connectivity index (χ0) is 27.6. The predicted octanol–water partition coefficient (Wildman–Crippen LogP) is 8.28. The van der Waals surface area contributed by atoms with E-state index in [1.165, 1.54) is 0 Å². The van der Waals surface area contributed by atoms with Gasteiger partial charge >= 0.3 is 0 Å². The van der Waals surface area contributed by atoms with E-state index in [1.807, 2.05) is 18.2 Å². The van der Waals surface area contributed by atoms with Gasteiger partial charge in [0, 0.05) is 51.3 Å². The molecule has 196 valence electrons. The van der Waals surface area contributed by atoms with Crippen LogP contribution >= 0.6 is 0 Å². The van der Waals surface area contributed by atoms with Gasteiger partial charge in [-0.15, -0.1) is 0 Å². The van der Waals surface area contributed by atoms with Crippen LogP contribution in [0.2, 0.25) is 0 Å². The van der Waals surface area contributed by atoms with Crippen molar-refractivity contribution in [3.8, 4) is 22.8 Å². The molecule has 0 fully saturated rings. The average molecular weight is 539 g/mol. The largest absolute Gasteiger partial charge is 0.307 e. The van der Waals surface area contributed by atoms with Gasteiger partial charge in [0.1, 0.15) is 12.1 Å². The molecule has 9 aromatic rings. The molecule has 0 aliphatic carbocycles. The van der Waals surface area contributed by atoms with E-state index in [0.29, 0.717) is 0 Å². The number of nitrogens with zero attached hydrogens (tertiary/aromatic N) is 6. The van der Waals surface area contributed by atoms with Crippen molar-refractivity contribution in [2.24, 2.45) is 0 Å². The molecule has 0 spiro atoms. The van der Waals surface area contributed by atoms with Crippen LogP contribution in [0, 0.1) is 0 Å². The zero-order valence-corrected chi connectivity index (χ0v) is 22.4. The van der Waals surface area contributed by atoms with Crippen LogP contribution in [0.25, 0.3) is 77.4 Å². The van der Waals surface area contributed by atoms with Gasteiger partial charge in [-0.3, -0.25) is 14.5 Å². The van der Waals surface area contributed by atoms with E-state index in [-0.39, 0.29) is 0 Å². The van der Waals surface area contributed by atoms with Gasteiger partial charge in [-0.2, -0.15) is 0 Å². The van der Waals surface area contributed by atoms with Crippen LogP contribution in [0.15, 0.2) is 134 Å². The first kappa shape index (κ1) is 22.9. The van der Waals surface area contributed by atoms with E-state index in [2.05, 4.69) is 111 Å². The maximum Gasteiger partial charge on any atom is 0.141 e. The average Bonchev–Trinajstić information content (AvgIpc) is 3.60. The van der Waals surface area contributed by atoms with Crippen LogP contribution in [-0.4, -0.2) is 29.1 Å². The summed E-state index contributed by atoms with van der Waals surface area (Å²) in [5.41, 5.74) is 9.03. The summed E-state index contributed by atoms with van der Waals surface area (Å²) in [5.74, 6) is 0.796. The highest BCUT2D eigenvalue weighted by Gasteiger charge is 2.26. The van der Waals surface area contributed by atoms with E-state index in [9.17, 15) is 0 Å². The lowest BCUT2D eigenvalue weighted by atomic mass is 10.1. The van der Waals surface area contributed by atoms with Crippen molar-refractivity contribution in [3.05, 3.63) is 134 Å². The Labute approximate surface area is 240 Å². The summed E-state index contributed by atoms with van der Waals surface area (Å²) in [5, 5.41) is 4.37. The van der Waals surface area contributed by atoms with E-state index >= 15 is 0 Å². The molecule has 0 amide bonds. The van der Waals surface area contributed by atoms with Crippen molar-refractivity contribution < 1.29 is 0 Å². The molecule has 4 aromatic heterocycles. The first-order chi connectivity index (χ1) is 20.9. The number of hydrogen-bond donors (Lipinski definition) is 0. The molecular formula is C36H22N6. The molecule has 4 heterocycles. The van der Waals surface area contributed by atoms with Crippen LogP contribution in [-0.2, 0) is 0 Å². The molecule has 0 N–H and O–H groups in total. The number of benzene rings is 5. The van der Waals surface area contributed by atoms with Crippen LogP contribution in [0.5, 0.6) is 0 Å². The third kappa shape index (κ3) is 3.14. The minimum Gasteiger partial charge on any atom is -0.307 e. The van der Waals surface area contributed by atoms with Crippen molar-refractivity contribution in [1.82, 2.24) is 29.1 Å².